The highest BCUT2D eigenvalue weighted by Crippen LogP contribution is 2.17. The molecule has 1 aromatic heterocycles. The topological polar surface area (TPSA) is 51.2 Å². The Morgan fingerprint density at radius 2 is 2.44 bits per heavy atom. The third-order valence-corrected chi connectivity index (χ3v) is 2.51. The fraction of sp³-hybridized carbons (Fsp3) is 0.455. The van der Waals surface area contributed by atoms with Crippen molar-refractivity contribution in [3.05, 3.63) is 23.5 Å². The maximum Gasteiger partial charge on any atom is 0.224 e. The van der Waals surface area contributed by atoms with Crippen molar-refractivity contribution in [1.82, 2.24) is 4.98 Å². The van der Waals surface area contributed by atoms with Crippen LogP contribution < -0.4 is 5.32 Å². The Morgan fingerprint density at radius 3 is 3.06 bits per heavy atom. The van der Waals surface area contributed by atoms with Gasteiger partial charge >= 0.3 is 0 Å². The molecule has 4 nitrogen and oxygen atoms in total. The highest BCUT2D eigenvalue weighted by molar-refractivity contribution is 6.32. The second-order valence-corrected chi connectivity index (χ2v) is 3.83. The summed E-state index contributed by atoms with van der Waals surface area (Å²) in [6.45, 7) is 1.92. The largest absolute Gasteiger partial charge is 0.382 e. The van der Waals surface area contributed by atoms with E-state index >= 15 is 0 Å². The van der Waals surface area contributed by atoms with Gasteiger partial charge in [-0.2, -0.15) is 0 Å². The van der Waals surface area contributed by atoms with E-state index in [0.717, 1.165) is 0 Å². The van der Waals surface area contributed by atoms with Gasteiger partial charge in [0.1, 0.15) is 0 Å². The maximum absolute atomic E-state index is 11.5. The first-order valence-corrected chi connectivity index (χ1v) is 5.44. The van der Waals surface area contributed by atoms with Gasteiger partial charge in [-0.15, -0.1) is 0 Å². The van der Waals surface area contributed by atoms with E-state index in [-0.39, 0.29) is 12.0 Å². The van der Waals surface area contributed by atoms with E-state index in [0.29, 0.717) is 23.7 Å². The van der Waals surface area contributed by atoms with E-state index in [4.69, 9.17) is 16.3 Å². The fourth-order valence-electron chi connectivity index (χ4n) is 1.14. The number of nitrogens with one attached hydrogen (secondary N) is 1. The van der Waals surface area contributed by atoms with Crippen LogP contribution in [0.3, 0.4) is 0 Å². The Hall–Kier alpha value is -1.13. The lowest BCUT2D eigenvalue weighted by Crippen LogP contribution is -2.15. The molecular formula is C11H15ClN2O2. The second kappa shape index (κ2) is 6.45. The molecule has 0 aliphatic carbocycles. The minimum Gasteiger partial charge on any atom is -0.382 e. The monoisotopic (exact) mass is 242 g/mol. The zero-order valence-electron chi connectivity index (χ0n) is 9.37. The van der Waals surface area contributed by atoms with E-state index in [1.165, 1.54) is 0 Å². The number of halogens is 1. The van der Waals surface area contributed by atoms with Crippen molar-refractivity contribution >= 4 is 23.2 Å². The Labute approximate surface area is 100.0 Å². The first kappa shape index (κ1) is 12.9. The summed E-state index contributed by atoms with van der Waals surface area (Å²) in [5, 5.41) is 3.00. The Balaban J connectivity index is 2.43. The van der Waals surface area contributed by atoms with Crippen LogP contribution in [0.25, 0.3) is 0 Å². The number of anilines is 1. The number of aromatic nitrogens is 1. The molecule has 1 heterocycles. The SMILES string of the molecule is COC(C)CCC(=O)Nc1cccnc1Cl. The van der Waals surface area contributed by atoms with E-state index in [9.17, 15) is 4.79 Å². The van der Waals surface area contributed by atoms with Crippen LogP contribution in [0.1, 0.15) is 19.8 Å². The van der Waals surface area contributed by atoms with E-state index in [1.54, 1.807) is 25.4 Å². The molecule has 0 aromatic carbocycles. The number of nitrogens with zero attached hydrogens (tertiary/aromatic N) is 1. The van der Waals surface area contributed by atoms with Crippen molar-refractivity contribution in [1.29, 1.82) is 0 Å². The predicted molar refractivity (Wildman–Crippen MR) is 63.6 cm³/mol. The van der Waals surface area contributed by atoms with Crippen molar-refractivity contribution in [3.63, 3.8) is 0 Å². The fourth-order valence-corrected chi connectivity index (χ4v) is 1.31. The summed E-state index contributed by atoms with van der Waals surface area (Å²) in [5.41, 5.74) is 0.541. The molecule has 1 rings (SSSR count). The number of hydrogen-bond donors (Lipinski definition) is 1. The normalized spacial score (nSPS) is 12.2. The molecule has 1 aromatic rings. The number of amides is 1. The summed E-state index contributed by atoms with van der Waals surface area (Å²) in [7, 11) is 1.63. The number of ether oxygens (including phenoxy) is 1. The van der Waals surface area contributed by atoms with Crippen LogP contribution in [-0.2, 0) is 9.53 Å². The molecule has 1 N–H and O–H groups in total. The first-order valence-electron chi connectivity index (χ1n) is 5.06. The molecule has 1 amide bonds. The van der Waals surface area contributed by atoms with Gasteiger partial charge in [0, 0.05) is 19.7 Å². The Bertz CT molecular complexity index is 358. The standard InChI is InChI=1S/C11H15ClN2O2/c1-8(16-2)5-6-10(15)14-9-4-3-7-13-11(9)12/h3-4,7-8H,5-6H2,1-2H3,(H,14,15). The van der Waals surface area contributed by atoms with E-state index < -0.39 is 0 Å². The second-order valence-electron chi connectivity index (χ2n) is 3.47. The van der Waals surface area contributed by atoms with Crippen molar-refractivity contribution < 1.29 is 9.53 Å². The summed E-state index contributed by atoms with van der Waals surface area (Å²) in [4.78, 5) is 15.4. The number of pyridine rings is 1. The molecule has 0 spiro atoms. The van der Waals surface area contributed by atoms with Gasteiger partial charge in [-0.05, 0) is 25.5 Å². The first-order chi connectivity index (χ1) is 7.63. The molecule has 0 saturated carbocycles. The van der Waals surface area contributed by atoms with E-state index in [1.807, 2.05) is 6.92 Å². The average molecular weight is 243 g/mol. The third-order valence-electron chi connectivity index (χ3n) is 2.21. The van der Waals surface area contributed by atoms with Crippen molar-refractivity contribution in [2.24, 2.45) is 0 Å². The third kappa shape index (κ3) is 4.16. The highest BCUT2D eigenvalue weighted by Gasteiger charge is 2.08. The summed E-state index contributed by atoms with van der Waals surface area (Å²) in [6, 6.07) is 3.44. The summed E-state index contributed by atoms with van der Waals surface area (Å²) in [6.07, 6.45) is 2.74. The molecule has 1 atom stereocenters. The Kier molecular flexibility index (Phi) is 5.22. The lowest BCUT2D eigenvalue weighted by molar-refractivity contribution is -0.116. The van der Waals surface area contributed by atoms with Gasteiger partial charge in [-0.1, -0.05) is 11.6 Å². The minimum absolute atomic E-state index is 0.0788. The Morgan fingerprint density at radius 1 is 1.69 bits per heavy atom. The van der Waals surface area contributed by atoms with Gasteiger partial charge in [-0.25, -0.2) is 4.98 Å². The number of methoxy groups -OCH3 is 1. The lowest BCUT2D eigenvalue weighted by Gasteiger charge is -2.09. The van der Waals surface area contributed by atoms with Crippen LogP contribution in [0.4, 0.5) is 5.69 Å². The van der Waals surface area contributed by atoms with E-state index in [2.05, 4.69) is 10.3 Å². The smallest absolute Gasteiger partial charge is 0.224 e. The van der Waals surface area contributed by atoms with Crippen LogP contribution in [0.15, 0.2) is 18.3 Å². The molecular weight excluding hydrogens is 228 g/mol. The molecule has 0 aliphatic heterocycles. The number of hydrogen-bond acceptors (Lipinski definition) is 3. The van der Waals surface area contributed by atoms with Crippen molar-refractivity contribution in [2.45, 2.75) is 25.9 Å². The van der Waals surface area contributed by atoms with Crippen LogP contribution >= 0.6 is 11.6 Å². The average Bonchev–Trinajstić information content (AvgIpc) is 2.29. The summed E-state index contributed by atoms with van der Waals surface area (Å²) >= 11 is 5.81. The number of carbonyl (C=O) groups excluding carboxylic acids is 1. The zero-order valence-corrected chi connectivity index (χ0v) is 10.1. The minimum atomic E-state index is -0.0844. The molecule has 0 saturated heterocycles. The molecule has 88 valence electrons. The van der Waals surface area contributed by atoms with Crippen molar-refractivity contribution in [3.8, 4) is 0 Å². The predicted octanol–water partition coefficient (Wildman–Crippen LogP) is 2.49. The van der Waals surface area contributed by atoms with Gasteiger partial charge in [0.15, 0.2) is 5.15 Å². The summed E-state index contributed by atoms with van der Waals surface area (Å²) in [5.74, 6) is -0.0844. The zero-order chi connectivity index (χ0) is 12.0. The number of rotatable bonds is 5. The maximum atomic E-state index is 11.5. The van der Waals surface area contributed by atoms with Gasteiger partial charge in [0.05, 0.1) is 11.8 Å². The highest BCUT2D eigenvalue weighted by atomic mass is 35.5. The molecule has 0 fully saturated rings. The molecule has 0 bridgehead atoms. The van der Waals surface area contributed by atoms with Gasteiger partial charge in [-0.3, -0.25) is 4.79 Å². The van der Waals surface area contributed by atoms with Gasteiger partial charge in [0.25, 0.3) is 0 Å². The van der Waals surface area contributed by atoms with Gasteiger partial charge in [0.2, 0.25) is 5.91 Å². The number of carbonyl (C=O) groups is 1. The molecule has 1 unspecified atom stereocenters. The lowest BCUT2D eigenvalue weighted by atomic mass is 10.2. The summed E-state index contributed by atoms with van der Waals surface area (Å²) < 4.78 is 5.06. The van der Waals surface area contributed by atoms with Crippen LogP contribution in [-0.4, -0.2) is 24.1 Å². The van der Waals surface area contributed by atoms with Crippen LogP contribution in [0, 0.1) is 0 Å². The molecule has 0 radical (unpaired) electrons. The molecule has 5 heteroatoms. The molecule has 0 aliphatic rings. The van der Waals surface area contributed by atoms with Gasteiger partial charge < -0.3 is 10.1 Å². The quantitative estimate of drug-likeness (QED) is 0.807. The molecule has 16 heavy (non-hydrogen) atoms. The van der Waals surface area contributed by atoms with Crippen LogP contribution in [0.5, 0.6) is 0 Å². The van der Waals surface area contributed by atoms with Crippen LogP contribution in [0.2, 0.25) is 5.15 Å². The van der Waals surface area contributed by atoms with Crippen molar-refractivity contribution in [2.75, 3.05) is 12.4 Å².